The van der Waals surface area contributed by atoms with E-state index in [2.05, 4.69) is 5.32 Å². The number of hydrogen-bond donors (Lipinski definition) is 2. The maximum Gasteiger partial charge on any atom is 0.253 e. The Hall–Kier alpha value is -2.90. The number of fused-ring (bicyclic) bond motifs is 1. The van der Waals surface area contributed by atoms with E-state index in [4.69, 9.17) is 9.47 Å². The van der Waals surface area contributed by atoms with Crippen LogP contribution in [0.4, 0.5) is 0 Å². The summed E-state index contributed by atoms with van der Waals surface area (Å²) in [5.74, 6) is 0.266. The average molecular weight is 424 g/mol. The SMILES string of the molecule is CN(C)C(=O)c1cccc(-c2ccc3c(c2)C(NC(=O)CO)CC2(CCOCC2)O3)c1. The Kier molecular flexibility index (Phi) is 5.98. The maximum absolute atomic E-state index is 12.4. The van der Waals surface area contributed by atoms with Crippen LogP contribution in [-0.2, 0) is 9.53 Å². The first-order chi connectivity index (χ1) is 14.9. The molecule has 31 heavy (non-hydrogen) atoms. The lowest BCUT2D eigenvalue weighted by Crippen LogP contribution is -2.48. The summed E-state index contributed by atoms with van der Waals surface area (Å²) in [4.78, 5) is 25.9. The topological polar surface area (TPSA) is 88.1 Å². The maximum atomic E-state index is 12.4. The summed E-state index contributed by atoms with van der Waals surface area (Å²) in [5, 5.41) is 12.2. The Morgan fingerprint density at radius 1 is 1.13 bits per heavy atom. The number of nitrogens with one attached hydrogen (secondary N) is 1. The number of ether oxygens (including phenoxy) is 2. The summed E-state index contributed by atoms with van der Waals surface area (Å²) in [5.41, 5.74) is 2.96. The zero-order valence-electron chi connectivity index (χ0n) is 17.9. The van der Waals surface area contributed by atoms with Crippen LogP contribution < -0.4 is 10.1 Å². The van der Waals surface area contributed by atoms with Gasteiger partial charge in [-0.1, -0.05) is 18.2 Å². The van der Waals surface area contributed by atoms with Gasteiger partial charge in [0.25, 0.3) is 5.91 Å². The number of benzene rings is 2. The third kappa shape index (κ3) is 4.43. The van der Waals surface area contributed by atoms with Crippen molar-refractivity contribution in [2.45, 2.75) is 30.9 Å². The van der Waals surface area contributed by atoms with Gasteiger partial charge in [0.2, 0.25) is 5.91 Å². The van der Waals surface area contributed by atoms with Gasteiger partial charge in [0.1, 0.15) is 18.0 Å². The molecule has 0 aliphatic carbocycles. The summed E-state index contributed by atoms with van der Waals surface area (Å²) < 4.78 is 11.9. The van der Waals surface area contributed by atoms with E-state index in [1.165, 1.54) is 0 Å². The minimum Gasteiger partial charge on any atom is -0.487 e. The Morgan fingerprint density at radius 2 is 1.87 bits per heavy atom. The molecule has 2 heterocycles. The second-order valence-electron chi connectivity index (χ2n) is 8.41. The molecule has 2 N–H and O–H groups in total. The van der Waals surface area contributed by atoms with Crippen molar-refractivity contribution in [3.8, 4) is 16.9 Å². The fraction of sp³-hybridized carbons (Fsp3) is 0.417. The number of nitrogens with zero attached hydrogens (tertiary/aromatic N) is 1. The molecular formula is C24H28N2O5. The van der Waals surface area contributed by atoms with E-state index in [1.54, 1.807) is 25.1 Å². The normalized spacial score (nSPS) is 19.3. The van der Waals surface area contributed by atoms with Crippen molar-refractivity contribution >= 4 is 11.8 Å². The lowest BCUT2D eigenvalue weighted by molar-refractivity contribution is -0.125. The van der Waals surface area contributed by atoms with Crippen molar-refractivity contribution < 1.29 is 24.2 Å². The number of rotatable bonds is 4. The van der Waals surface area contributed by atoms with Crippen molar-refractivity contribution in [2.24, 2.45) is 0 Å². The van der Waals surface area contributed by atoms with Gasteiger partial charge in [-0.25, -0.2) is 0 Å². The third-order valence-electron chi connectivity index (χ3n) is 6.02. The van der Waals surface area contributed by atoms with Crippen molar-refractivity contribution in [2.75, 3.05) is 33.9 Å². The highest BCUT2D eigenvalue weighted by atomic mass is 16.5. The number of carbonyl (C=O) groups is 2. The van der Waals surface area contributed by atoms with Crippen LogP contribution in [0.2, 0.25) is 0 Å². The average Bonchev–Trinajstić information content (AvgIpc) is 2.78. The lowest BCUT2D eigenvalue weighted by atomic mass is 9.81. The van der Waals surface area contributed by atoms with Crippen LogP contribution in [0.1, 0.15) is 41.2 Å². The van der Waals surface area contributed by atoms with Gasteiger partial charge >= 0.3 is 0 Å². The minimum absolute atomic E-state index is 0.0577. The smallest absolute Gasteiger partial charge is 0.253 e. The molecule has 2 amide bonds. The van der Waals surface area contributed by atoms with Crippen LogP contribution in [0.25, 0.3) is 11.1 Å². The molecule has 7 heteroatoms. The Balaban J connectivity index is 1.70. The van der Waals surface area contributed by atoms with Crippen LogP contribution in [-0.4, -0.2) is 61.3 Å². The van der Waals surface area contributed by atoms with Crippen LogP contribution in [0.15, 0.2) is 42.5 Å². The van der Waals surface area contributed by atoms with Gasteiger partial charge in [-0.05, 0) is 35.4 Å². The number of aliphatic hydroxyl groups is 1. The van der Waals surface area contributed by atoms with Crippen molar-refractivity contribution in [3.63, 3.8) is 0 Å². The fourth-order valence-electron chi connectivity index (χ4n) is 4.36. The molecule has 0 saturated carbocycles. The lowest BCUT2D eigenvalue weighted by Gasteiger charge is -2.44. The first-order valence-corrected chi connectivity index (χ1v) is 10.5. The minimum atomic E-state index is -0.558. The third-order valence-corrected chi connectivity index (χ3v) is 6.02. The molecule has 0 aromatic heterocycles. The van der Waals surface area contributed by atoms with Crippen molar-refractivity contribution in [1.29, 1.82) is 0 Å². The van der Waals surface area contributed by atoms with E-state index in [9.17, 15) is 14.7 Å². The molecule has 4 rings (SSSR count). The molecule has 1 spiro atoms. The molecule has 2 aromatic rings. The highest BCUT2D eigenvalue weighted by Crippen LogP contribution is 2.45. The summed E-state index contributed by atoms with van der Waals surface area (Å²) >= 11 is 0. The molecule has 2 aliphatic heterocycles. The Bertz CT molecular complexity index is 982. The van der Waals surface area contributed by atoms with Crippen LogP contribution in [0.3, 0.4) is 0 Å². The van der Waals surface area contributed by atoms with Gasteiger partial charge in [-0.3, -0.25) is 9.59 Å². The molecule has 1 atom stereocenters. The van der Waals surface area contributed by atoms with Gasteiger partial charge < -0.3 is 24.8 Å². The van der Waals surface area contributed by atoms with E-state index >= 15 is 0 Å². The van der Waals surface area contributed by atoms with E-state index in [-0.39, 0.29) is 17.6 Å². The fourth-order valence-corrected chi connectivity index (χ4v) is 4.36. The zero-order valence-corrected chi connectivity index (χ0v) is 17.9. The van der Waals surface area contributed by atoms with Gasteiger partial charge in [-0.2, -0.15) is 0 Å². The molecule has 1 unspecified atom stereocenters. The summed E-state index contributed by atoms with van der Waals surface area (Å²) in [6.45, 7) is 0.693. The number of amides is 2. The second-order valence-corrected chi connectivity index (χ2v) is 8.41. The van der Waals surface area contributed by atoms with Crippen molar-refractivity contribution in [1.82, 2.24) is 10.2 Å². The highest BCUT2D eigenvalue weighted by molar-refractivity contribution is 5.95. The summed E-state index contributed by atoms with van der Waals surface area (Å²) in [7, 11) is 3.46. The first-order valence-electron chi connectivity index (χ1n) is 10.5. The number of hydrogen-bond acceptors (Lipinski definition) is 5. The molecule has 0 bridgehead atoms. The molecule has 2 aliphatic rings. The van der Waals surface area contributed by atoms with Gasteiger partial charge in [-0.15, -0.1) is 0 Å². The molecular weight excluding hydrogens is 396 g/mol. The van der Waals surface area contributed by atoms with Gasteiger partial charge in [0, 0.05) is 44.5 Å². The zero-order chi connectivity index (χ0) is 22.0. The molecule has 7 nitrogen and oxygen atoms in total. The van der Waals surface area contributed by atoms with Gasteiger partial charge in [0.15, 0.2) is 0 Å². The van der Waals surface area contributed by atoms with Crippen LogP contribution in [0, 0.1) is 0 Å². The van der Waals surface area contributed by atoms with Crippen LogP contribution >= 0.6 is 0 Å². The quantitative estimate of drug-likeness (QED) is 0.788. The van der Waals surface area contributed by atoms with Gasteiger partial charge in [0.05, 0.1) is 19.3 Å². The van der Waals surface area contributed by atoms with E-state index < -0.39 is 12.5 Å². The highest BCUT2D eigenvalue weighted by Gasteiger charge is 2.42. The standard InChI is InChI=1S/C24H28N2O5/c1-26(2)23(29)18-5-3-4-16(12-18)17-6-7-21-19(13-17)20(25-22(28)15-27)14-24(31-21)8-10-30-11-9-24/h3-7,12-13,20,27H,8-11,14-15H2,1-2H3,(H,25,28). The van der Waals surface area contributed by atoms with Crippen LogP contribution in [0.5, 0.6) is 5.75 Å². The Morgan fingerprint density at radius 3 is 2.58 bits per heavy atom. The predicted molar refractivity (Wildman–Crippen MR) is 116 cm³/mol. The number of aliphatic hydroxyl groups excluding tert-OH is 1. The molecule has 1 saturated heterocycles. The van der Waals surface area contributed by atoms with E-state index in [0.717, 1.165) is 35.3 Å². The second kappa shape index (κ2) is 8.69. The number of carbonyl (C=O) groups excluding carboxylic acids is 2. The summed E-state index contributed by atoms with van der Waals surface area (Å²) in [6.07, 6.45) is 2.14. The van der Waals surface area contributed by atoms with Crippen molar-refractivity contribution in [3.05, 3.63) is 53.6 Å². The van der Waals surface area contributed by atoms with E-state index in [0.29, 0.717) is 25.2 Å². The molecule has 2 aromatic carbocycles. The molecule has 164 valence electrons. The van der Waals surface area contributed by atoms with E-state index in [1.807, 2.05) is 36.4 Å². The first kappa shape index (κ1) is 21.3. The predicted octanol–water partition coefficient (Wildman–Crippen LogP) is 2.54. The molecule has 1 fully saturated rings. The summed E-state index contributed by atoms with van der Waals surface area (Å²) in [6, 6.07) is 13.1. The molecule has 0 radical (unpaired) electrons. The largest absolute Gasteiger partial charge is 0.487 e. The monoisotopic (exact) mass is 424 g/mol. The Labute approximate surface area is 182 Å².